The van der Waals surface area contributed by atoms with E-state index >= 15 is 0 Å². The second kappa shape index (κ2) is 10.5. The van der Waals surface area contributed by atoms with Gasteiger partial charge in [0.25, 0.3) is 0 Å². The van der Waals surface area contributed by atoms with Crippen LogP contribution in [0.4, 0.5) is 0 Å². The van der Waals surface area contributed by atoms with Gasteiger partial charge in [0.2, 0.25) is 0 Å². The van der Waals surface area contributed by atoms with Gasteiger partial charge < -0.3 is 24.8 Å². The zero-order valence-electron chi connectivity index (χ0n) is 21.6. The summed E-state index contributed by atoms with van der Waals surface area (Å²) < 4.78 is 3.38. The maximum atomic E-state index is 2.57. The van der Waals surface area contributed by atoms with E-state index in [2.05, 4.69) is 114 Å². The SMILES string of the molecule is CC(C)(C)c1ccc2c(c1)-c1cc(C(C)(C)C)c[c]([Zr+2][C]3=CC(c4ccccc4)=CC3)c1C2.[Cl-].[Cl-]. The minimum atomic E-state index is -0.864. The van der Waals surface area contributed by atoms with Crippen LogP contribution in [0.25, 0.3) is 16.7 Å². The first-order valence-corrected chi connectivity index (χ1v) is 14.6. The Kier molecular flexibility index (Phi) is 8.48. The molecule has 3 aromatic carbocycles. The molecule has 0 saturated carbocycles. The van der Waals surface area contributed by atoms with E-state index in [1.165, 1.54) is 39.0 Å². The summed E-state index contributed by atoms with van der Waals surface area (Å²) in [6.07, 6.45) is 7.16. The van der Waals surface area contributed by atoms with Crippen molar-refractivity contribution < 1.29 is 48.0 Å². The predicted octanol–water partition coefficient (Wildman–Crippen LogP) is 1.94. The molecule has 0 bridgehead atoms. The van der Waals surface area contributed by atoms with Crippen molar-refractivity contribution in [3.05, 3.63) is 104 Å². The quantitative estimate of drug-likeness (QED) is 0.348. The number of benzene rings is 3. The van der Waals surface area contributed by atoms with Crippen molar-refractivity contribution in [3.63, 3.8) is 0 Å². The normalized spacial score (nSPS) is 14.1. The third-order valence-corrected chi connectivity index (χ3v) is 10.4. The summed E-state index contributed by atoms with van der Waals surface area (Å²) in [5.41, 5.74) is 12.1. The first-order valence-electron chi connectivity index (χ1n) is 12.1. The molecule has 0 aliphatic heterocycles. The summed E-state index contributed by atoms with van der Waals surface area (Å²) in [6.45, 7) is 14.0. The van der Waals surface area contributed by atoms with Crippen LogP contribution in [0.1, 0.15) is 75.8 Å². The van der Waals surface area contributed by atoms with E-state index in [1.807, 2.05) is 0 Å². The van der Waals surface area contributed by atoms with Crippen molar-refractivity contribution >= 4 is 8.84 Å². The second-order valence-electron chi connectivity index (χ2n) is 11.6. The molecule has 35 heavy (non-hydrogen) atoms. The van der Waals surface area contributed by atoms with Crippen molar-refractivity contribution in [3.8, 4) is 11.1 Å². The molecule has 2 aliphatic rings. The van der Waals surface area contributed by atoms with Crippen LogP contribution in [0.5, 0.6) is 0 Å². The molecule has 3 heteroatoms. The Morgan fingerprint density at radius 3 is 2.03 bits per heavy atom. The Labute approximate surface area is 235 Å². The molecule has 5 rings (SSSR count). The summed E-state index contributed by atoms with van der Waals surface area (Å²) in [7, 11) is 0. The van der Waals surface area contributed by atoms with Crippen LogP contribution < -0.4 is 28.1 Å². The fourth-order valence-corrected chi connectivity index (χ4v) is 8.29. The smallest absolute Gasteiger partial charge is 1.00 e. The zero-order valence-corrected chi connectivity index (χ0v) is 25.6. The summed E-state index contributed by atoms with van der Waals surface area (Å²) >= 11 is -0.864. The van der Waals surface area contributed by atoms with E-state index in [4.69, 9.17) is 0 Å². The molecular formula is C32H34Cl2Zr. The molecule has 0 spiro atoms. The van der Waals surface area contributed by atoms with Crippen LogP contribution in [0, 0.1) is 0 Å². The molecule has 0 unspecified atom stereocenters. The van der Waals surface area contributed by atoms with Crippen molar-refractivity contribution in [2.24, 2.45) is 0 Å². The maximum Gasteiger partial charge on any atom is -1.00 e. The molecule has 0 fully saturated rings. The van der Waals surface area contributed by atoms with Crippen LogP contribution in [-0.2, 0) is 40.5 Å². The summed E-state index contributed by atoms with van der Waals surface area (Å²) in [4.78, 5) is 0. The van der Waals surface area contributed by atoms with E-state index in [0.717, 1.165) is 12.8 Å². The first kappa shape index (κ1) is 28.2. The topological polar surface area (TPSA) is 0 Å². The number of rotatable bonds is 3. The Morgan fingerprint density at radius 2 is 1.37 bits per heavy atom. The number of hydrogen-bond acceptors (Lipinski definition) is 0. The predicted molar refractivity (Wildman–Crippen MR) is 139 cm³/mol. The Morgan fingerprint density at radius 1 is 0.714 bits per heavy atom. The van der Waals surface area contributed by atoms with Crippen LogP contribution in [0.3, 0.4) is 0 Å². The maximum absolute atomic E-state index is 2.57. The van der Waals surface area contributed by atoms with E-state index in [9.17, 15) is 0 Å². The molecule has 0 aromatic heterocycles. The van der Waals surface area contributed by atoms with E-state index < -0.39 is 23.2 Å². The molecular weight excluding hydrogens is 546 g/mol. The molecule has 0 atom stereocenters. The van der Waals surface area contributed by atoms with Crippen molar-refractivity contribution in [1.29, 1.82) is 0 Å². The molecule has 0 saturated heterocycles. The molecule has 0 amide bonds. The third-order valence-electron chi connectivity index (χ3n) is 7.02. The van der Waals surface area contributed by atoms with E-state index in [0.29, 0.717) is 0 Å². The molecule has 0 nitrogen and oxygen atoms in total. The van der Waals surface area contributed by atoms with Gasteiger partial charge in [-0.05, 0) is 0 Å². The Bertz CT molecular complexity index is 1290. The van der Waals surface area contributed by atoms with Gasteiger partial charge in [0.1, 0.15) is 0 Å². The average molecular weight is 581 g/mol. The summed E-state index contributed by atoms with van der Waals surface area (Å²) in [5.74, 6) is 0. The van der Waals surface area contributed by atoms with Crippen molar-refractivity contribution in [2.45, 2.75) is 65.2 Å². The molecule has 3 aromatic rings. The Balaban J connectivity index is 0.00000171. The third kappa shape index (κ3) is 5.79. The monoisotopic (exact) mass is 578 g/mol. The minimum Gasteiger partial charge on any atom is -1.00 e. The zero-order chi connectivity index (χ0) is 23.4. The van der Waals surface area contributed by atoms with Gasteiger partial charge in [-0.15, -0.1) is 0 Å². The van der Waals surface area contributed by atoms with E-state index in [-0.39, 0.29) is 35.6 Å². The average Bonchev–Trinajstić information content (AvgIpc) is 3.37. The molecule has 2 aliphatic carbocycles. The second-order valence-corrected chi connectivity index (χ2v) is 15.1. The Hall–Kier alpha value is -1.40. The van der Waals surface area contributed by atoms with Crippen LogP contribution in [0.15, 0.2) is 76.1 Å². The van der Waals surface area contributed by atoms with Gasteiger partial charge in [0.05, 0.1) is 0 Å². The molecule has 0 radical (unpaired) electrons. The van der Waals surface area contributed by atoms with Gasteiger partial charge in [-0.25, -0.2) is 0 Å². The molecule has 180 valence electrons. The minimum absolute atomic E-state index is 0. The van der Waals surface area contributed by atoms with Gasteiger partial charge in [-0.3, -0.25) is 0 Å². The van der Waals surface area contributed by atoms with Gasteiger partial charge >= 0.3 is 212 Å². The largest absolute Gasteiger partial charge is 1.00 e. The standard InChI is InChI=1S/C21H25.C11H9.2ClH.Zr/c1-20(2,3)16-9-7-14-11-15-8-10-17(21(4,5)6)13-19(15)18(14)12-16;1-2-6-10(7-3-1)11-8-4-5-9-11;;;/h7,9-10,12-13H,11H2,1-6H3;1-3,6-9H,4H2;2*1H;/q;;;;+2/p-2. The molecule has 0 N–H and O–H groups in total. The van der Waals surface area contributed by atoms with E-state index in [1.54, 1.807) is 12.1 Å². The van der Waals surface area contributed by atoms with Crippen LogP contribution >= 0.6 is 0 Å². The number of hydrogen-bond donors (Lipinski definition) is 0. The summed E-state index contributed by atoms with van der Waals surface area (Å²) in [6, 6.07) is 23.2. The van der Waals surface area contributed by atoms with Gasteiger partial charge in [-0.1, -0.05) is 0 Å². The van der Waals surface area contributed by atoms with Crippen LogP contribution in [-0.4, -0.2) is 0 Å². The van der Waals surface area contributed by atoms with Gasteiger partial charge in [-0.2, -0.15) is 0 Å². The van der Waals surface area contributed by atoms with Gasteiger partial charge in [0.15, 0.2) is 0 Å². The number of fused-ring (bicyclic) bond motifs is 3. The molecule has 0 heterocycles. The fraction of sp³-hybridized carbons (Fsp3) is 0.312. The van der Waals surface area contributed by atoms with Crippen molar-refractivity contribution in [2.75, 3.05) is 0 Å². The number of allylic oxidation sites excluding steroid dienone is 4. The van der Waals surface area contributed by atoms with Gasteiger partial charge in [0, 0.05) is 0 Å². The first-order chi connectivity index (χ1) is 15.6. The fourth-order valence-electron chi connectivity index (χ4n) is 4.90. The summed E-state index contributed by atoms with van der Waals surface area (Å²) in [5, 5.41) is 0. The van der Waals surface area contributed by atoms with Crippen molar-refractivity contribution in [1.82, 2.24) is 0 Å². The number of halogens is 2. The van der Waals surface area contributed by atoms with Crippen LogP contribution in [0.2, 0.25) is 0 Å².